The number of carbonyl (C=O) groups is 1. The molecule has 88 valence electrons. The molecule has 0 radical (unpaired) electrons. The first-order chi connectivity index (χ1) is 7.11. The maximum absolute atomic E-state index is 11.7. The van der Waals surface area contributed by atoms with Crippen LogP contribution in [0.4, 0.5) is 0 Å². The summed E-state index contributed by atoms with van der Waals surface area (Å²) in [5.74, 6) is -0.0737. The van der Waals surface area contributed by atoms with E-state index < -0.39 is 6.10 Å². The Morgan fingerprint density at radius 3 is 2.87 bits per heavy atom. The summed E-state index contributed by atoms with van der Waals surface area (Å²) in [6.45, 7) is 3.61. The van der Waals surface area contributed by atoms with Gasteiger partial charge in [0.2, 0.25) is 0 Å². The van der Waals surface area contributed by atoms with Crippen molar-refractivity contribution in [2.45, 2.75) is 25.6 Å². The molecule has 0 aromatic rings. The number of hydrogen-bond donors (Lipinski definition) is 1. The molecule has 1 amide bonds. The van der Waals surface area contributed by atoms with Gasteiger partial charge >= 0.3 is 0 Å². The van der Waals surface area contributed by atoms with Gasteiger partial charge in [-0.15, -0.1) is 0 Å². The molecule has 0 bridgehead atoms. The van der Waals surface area contributed by atoms with Crippen LogP contribution >= 0.6 is 0 Å². The van der Waals surface area contributed by atoms with Crippen molar-refractivity contribution in [3.8, 4) is 0 Å². The van der Waals surface area contributed by atoms with Crippen molar-refractivity contribution < 1.29 is 19.4 Å². The molecule has 5 nitrogen and oxygen atoms in total. The monoisotopic (exact) mass is 217 g/mol. The summed E-state index contributed by atoms with van der Waals surface area (Å²) in [6.07, 6.45) is -0.281. The Hall–Kier alpha value is -0.650. The molecule has 0 saturated carbocycles. The number of carbonyl (C=O) groups excluding carboxylic acids is 1. The molecule has 1 fully saturated rings. The lowest BCUT2D eigenvalue weighted by atomic mass is 10.2. The highest BCUT2D eigenvalue weighted by molar-refractivity contribution is 5.80. The van der Waals surface area contributed by atoms with Crippen LogP contribution in [-0.2, 0) is 14.3 Å². The van der Waals surface area contributed by atoms with Crippen molar-refractivity contribution in [3.05, 3.63) is 0 Å². The predicted octanol–water partition coefficient (Wildman–Crippen LogP) is -0.369. The first-order valence-corrected chi connectivity index (χ1v) is 5.23. The van der Waals surface area contributed by atoms with E-state index in [0.29, 0.717) is 32.8 Å². The van der Waals surface area contributed by atoms with Crippen LogP contribution < -0.4 is 0 Å². The molecule has 0 aromatic carbocycles. The summed E-state index contributed by atoms with van der Waals surface area (Å²) in [5, 5.41) is 9.10. The van der Waals surface area contributed by atoms with E-state index in [1.807, 2.05) is 0 Å². The minimum atomic E-state index is -0.474. The van der Waals surface area contributed by atoms with Crippen molar-refractivity contribution in [1.82, 2.24) is 4.90 Å². The largest absolute Gasteiger partial charge is 0.393 e. The molecule has 1 heterocycles. The van der Waals surface area contributed by atoms with E-state index >= 15 is 0 Å². The fourth-order valence-corrected chi connectivity index (χ4v) is 1.37. The summed E-state index contributed by atoms with van der Waals surface area (Å²) in [6, 6.07) is 0. The van der Waals surface area contributed by atoms with Gasteiger partial charge in [0.05, 0.1) is 25.9 Å². The lowest BCUT2D eigenvalue weighted by Gasteiger charge is -2.27. The number of rotatable bonds is 4. The SMILES string of the molecule is CC(O)CCN(C)C(=O)C1COCCO1. The van der Waals surface area contributed by atoms with Gasteiger partial charge in [0, 0.05) is 13.6 Å². The van der Waals surface area contributed by atoms with Crippen molar-refractivity contribution >= 4 is 5.91 Å². The van der Waals surface area contributed by atoms with Crippen molar-refractivity contribution in [2.24, 2.45) is 0 Å². The average Bonchev–Trinajstić information content (AvgIpc) is 2.26. The summed E-state index contributed by atoms with van der Waals surface area (Å²) >= 11 is 0. The van der Waals surface area contributed by atoms with E-state index in [1.165, 1.54) is 0 Å². The standard InChI is InChI=1S/C10H19NO4/c1-8(12)3-4-11(2)10(13)9-7-14-5-6-15-9/h8-9,12H,3-7H2,1-2H3. The fraction of sp³-hybridized carbons (Fsp3) is 0.900. The van der Waals surface area contributed by atoms with E-state index in [2.05, 4.69) is 0 Å². The highest BCUT2D eigenvalue weighted by Gasteiger charge is 2.25. The maximum Gasteiger partial charge on any atom is 0.253 e. The van der Waals surface area contributed by atoms with E-state index in [0.717, 1.165) is 0 Å². The Labute approximate surface area is 90.0 Å². The fourth-order valence-electron chi connectivity index (χ4n) is 1.37. The zero-order chi connectivity index (χ0) is 11.3. The van der Waals surface area contributed by atoms with Crippen LogP contribution in [0.1, 0.15) is 13.3 Å². The van der Waals surface area contributed by atoms with Crippen LogP contribution in [0.3, 0.4) is 0 Å². The smallest absolute Gasteiger partial charge is 0.253 e. The number of likely N-dealkylation sites (N-methyl/N-ethyl adjacent to an activating group) is 1. The van der Waals surface area contributed by atoms with E-state index in [9.17, 15) is 4.79 Å². The van der Waals surface area contributed by atoms with Gasteiger partial charge in [-0.05, 0) is 13.3 Å². The third-order valence-electron chi connectivity index (χ3n) is 2.35. The summed E-state index contributed by atoms with van der Waals surface area (Å²) in [4.78, 5) is 13.3. The molecule has 0 aliphatic carbocycles. The minimum absolute atomic E-state index is 0.0737. The summed E-state index contributed by atoms with van der Waals surface area (Å²) in [5.41, 5.74) is 0. The number of aliphatic hydroxyl groups excluding tert-OH is 1. The lowest BCUT2D eigenvalue weighted by Crippen LogP contribution is -2.44. The van der Waals surface area contributed by atoms with Crippen molar-refractivity contribution in [2.75, 3.05) is 33.4 Å². The molecule has 1 saturated heterocycles. The summed E-state index contributed by atoms with van der Waals surface area (Å²) in [7, 11) is 1.71. The molecule has 2 atom stereocenters. The second-order valence-electron chi connectivity index (χ2n) is 3.83. The van der Waals surface area contributed by atoms with Gasteiger partial charge in [0.25, 0.3) is 5.91 Å². The Balaban J connectivity index is 2.30. The minimum Gasteiger partial charge on any atom is -0.393 e. The Morgan fingerprint density at radius 1 is 1.60 bits per heavy atom. The van der Waals surface area contributed by atoms with Crippen molar-refractivity contribution in [3.63, 3.8) is 0 Å². The molecule has 15 heavy (non-hydrogen) atoms. The highest BCUT2D eigenvalue weighted by Crippen LogP contribution is 2.05. The molecule has 0 aromatic heterocycles. The van der Waals surface area contributed by atoms with Gasteiger partial charge in [0.1, 0.15) is 0 Å². The quantitative estimate of drug-likeness (QED) is 0.698. The first-order valence-electron chi connectivity index (χ1n) is 5.23. The topological polar surface area (TPSA) is 59.0 Å². The van der Waals surface area contributed by atoms with Crippen molar-refractivity contribution in [1.29, 1.82) is 0 Å². The van der Waals surface area contributed by atoms with Crippen LogP contribution in [0.25, 0.3) is 0 Å². The van der Waals surface area contributed by atoms with Crippen LogP contribution in [0.15, 0.2) is 0 Å². The van der Waals surface area contributed by atoms with Crippen LogP contribution in [0.2, 0.25) is 0 Å². The lowest BCUT2D eigenvalue weighted by molar-refractivity contribution is -0.156. The molecular formula is C10H19NO4. The molecule has 1 aliphatic rings. The molecule has 1 rings (SSSR count). The van der Waals surface area contributed by atoms with Crippen LogP contribution in [0, 0.1) is 0 Å². The van der Waals surface area contributed by atoms with Gasteiger partial charge in [-0.1, -0.05) is 0 Å². The number of amides is 1. The number of nitrogens with zero attached hydrogens (tertiary/aromatic N) is 1. The number of hydrogen-bond acceptors (Lipinski definition) is 4. The van der Waals surface area contributed by atoms with Gasteiger partial charge in [-0.3, -0.25) is 4.79 Å². The second kappa shape index (κ2) is 6.05. The Morgan fingerprint density at radius 2 is 2.33 bits per heavy atom. The molecular weight excluding hydrogens is 198 g/mol. The zero-order valence-corrected chi connectivity index (χ0v) is 9.31. The predicted molar refractivity (Wildman–Crippen MR) is 54.5 cm³/mol. The normalized spacial score (nSPS) is 23.5. The third kappa shape index (κ3) is 4.15. The molecule has 0 spiro atoms. The molecule has 1 N–H and O–H groups in total. The zero-order valence-electron chi connectivity index (χ0n) is 9.31. The van der Waals surface area contributed by atoms with Gasteiger partial charge in [0.15, 0.2) is 6.10 Å². The summed E-state index contributed by atoms with van der Waals surface area (Å²) < 4.78 is 10.4. The molecule has 2 unspecified atom stereocenters. The Bertz CT molecular complexity index is 202. The van der Waals surface area contributed by atoms with E-state index in [1.54, 1.807) is 18.9 Å². The van der Waals surface area contributed by atoms with E-state index in [-0.39, 0.29) is 12.0 Å². The number of aliphatic hydroxyl groups is 1. The van der Waals surface area contributed by atoms with Gasteiger partial charge < -0.3 is 19.5 Å². The highest BCUT2D eigenvalue weighted by atomic mass is 16.6. The average molecular weight is 217 g/mol. The van der Waals surface area contributed by atoms with Crippen LogP contribution in [-0.4, -0.2) is 61.5 Å². The Kier molecular flexibility index (Phi) is 5.01. The van der Waals surface area contributed by atoms with Gasteiger partial charge in [-0.25, -0.2) is 0 Å². The molecule has 5 heteroatoms. The van der Waals surface area contributed by atoms with Gasteiger partial charge in [-0.2, -0.15) is 0 Å². The number of ether oxygens (including phenoxy) is 2. The molecule has 1 aliphatic heterocycles. The van der Waals surface area contributed by atoms with E-state index in [4.69, 9.17) is 14.6 Å². The van der Waals surface area contributed by atoms with Crippen LogP contribution in [0.5, 0.6) is 0 Å². The third-order valence-corrected chi connectivity index (χ3v) is 2.35. The maximum atomic E-state index is 11.7. The first kappa shape index (κ1) is 12.4. The second-order valence-corrected chi connectivity index (χ2v) is 3.83.